The zero-order valence-corrected chi connectivity index (χ0v) is 15.3. The van der Waals surface area contributed by atoms with Gasteiger partial charge < -0.3 is 15.7 Å². The van der Waals surface area contributed by atoms with Crippen LogP contribution >= 0.6 is 11.6 Å². The molecule has 0 aromatic heterocycles. The molecule has 4 aromatic rings. The number of hydrogen-bond acceptors (Lipinski definition) is 2. The summed E-state index contributed by atoms with van der Waals surface area (Å²) in [5, 5.41) is 19.2. The molecular formula is C22H15ClN2O3. The molecule has 0 saturated carbocycles. The van der Waals surface area contributed by atoms with Crippen LogP contribution in [-0.2, 0) is 0 Å². The average Bonchev–Trinajstić information content (AvgIpc) is 2.66. The van der Waals surface area contributed by atoms with E-state index < -0.39 is 12.0 Å². The number of urea groups is 1. The van der Waals surface area contributed by atoms with Gasteiger partial charge in [-0.1, -0.05) is 41.9 Å². The van der Waals surface area contributed by atoms with Gasteiger partial charge in [0.15, 0.2) is 0 Å². The minimum Gasteiger partial charge on any atom is -0.478 e. The number of halogens is 1. The summed E-state index contributed by atoms with van der Waals surface area (Å²) < 4.78 is 0. The fourth-order valence-corrected chi connectivity index (χ4v) is 3.28. The van der Waals surface area contributed by atoms with Gasteiger partial charge in [0.05, 0.1) is 11.3 Å². The molecule has 0 atom stereocenters. The lowest BCUT2D eigenvalue weighted by molar-refractivity contribution is 0.0698. The third-order valence-corrected chi connectivity index (χ3v) is 4.66. The van der Waals surface area contributed by atoms with Crippen LogP contribution in [0, 0.1) is 0 Å². The molecule has 0 spiro atoms. The molecule has 0 fully saturated rings. The number of carboxylic acids is 1. The molecule has 0 unspecified atom stereocenters. The summed E-state index contributed by atoms with van der Waals surface area (Å²) in [6, 6.07) is 21.5. The fraction of sp³-hybridized carbons (Fsp3) is 0. The number of rotatable bonds is 3. The van der Waals surface area contributed by atoms with Gasteiger partial charge in [0, 0.05) is 10.7 Å². The van der Waals surface area contributed by atoms with Crippen LogP contribution in [0.3, 0.4) is 0 Å². The highest BCUT2D eigenvalue weighted by Crippen LogP contribution is 2.26. The van der Waals surface area contributed by atoms with Gasteiger partial charge >= 0.3 is 12.0 Å². The van der Waals surface area contributed by atoms with Crippen molar-refractivity contribution < 1.29 is 14.7 Å². The molecule has 0 aliphatic rings. The molecule has 2 amide bonds. The Bertz CT molecular complexity index is 1240. The standard InChI is InChI=1S/C22H15ClN2O3/c23-17-6-8-19(21(26)27)20(12-17)25-22(28)24-18-7-5-15-9-13-3-1-2-4-14(13)10-16(15)11-18/h1-12H,(H,26,27)(H2,24,25,28). The Hall–Kier alpha value is -3.57. The zero-order valence-electron chi connectivity index (χ0n) is 14.6. The number of nitrogens with one attached hydrogen (secondary N) is 2. The van der Waals surface area contributed by atoms with Crippen LogP contribution in [0.15, 0.2) is 72.8 Å². The van der Waals surface area contributed by atoms with Crippen molar-refractivity contribution >= 4 is 56.5 Å². The van der Waals surface area contributed by atoms with Crippen molar-refractivity contribution in [3.63, 3.8) is 0 Å². The van der Waals surface area contributed by atoms with Gasteiger partial charge in [0.25, 0.3) is 0 Å². The second-order valence-corrected chi connectivity index (χ2v) is 6.77. The molecule has 0 aliphatic heterocycles. The Kier molecular flexibility index (Phi) is 4.59. The monoisotopic (exact) mass is 390 g/mol. The number of carboxylic acid groups (broad SMARTS) is 1. The maximum atomic E-state index is 12.4. The molecule has 0 heterocycles. The smallest absolute Gasteiger partial charge is 0.337 e. The van der Waals surface area contributed by atoms with E-state index in [0.717, 1.165) is 21.5 Å². The van der Waals surface area contributed by atoms with Crippen molar-refractivity contribution in [3.05, 3.63) is 83.4 Å². The van der Waals surface area contributed by atoms with Gasteiger partial charge in [-0.15, -0.1) is 0 Å². The normalized spacial score (nSPS) is 10.8. The van der Waals surface area contributed by atoms with E-state index in [-0.39, 0.29) is 11.3 Å². The first-order chi connectivity index (χ1) is 13.5. The van der Waals surface area contributed by atoms with Gasteiger partial charge in [-0.25, -0.2) is 9.59 Å². The number of aromatic carboxylic acids is 1. The van der Waals surface area contributed by atoms with Crippen LogP contribution in [-0.4, -0.2) is 17.1 Å². The predicted octanol–water partition coefficient (Wildman–Crippen LogP) is 5.99. The first-order valence-electron chi connectivity index (χ1n) is 8.53. The van der Waals surface area contributed by atoms with E-state index in [1.54, 1.807) is 6.07 Å². The van der Waals surface area contributed by atoms with E-state index >= 15 is 0 Å². The van der Waals surface area contributed by atoms with Crippen LogP contribution in [0.2, 0.25) is 5.02 Å². The lowest BCUT2D eigenvalue weighted by atomic mass is 10.0. The van der Waals surface area contributed by atoms with Crippen LogP contribution < -0.4 is 10.6 Å². The Labute approximate surface area is 165 Å². The van der Waals surface area contributed by atoms with E-state index in [0.29, 0.717) is 10.7 Å². The highest BCUT2D eigenvalue weighted by atomic mass is 35.5. The molecule has 4 rings (SSSR count). The molecule has 0 bridgehead atoms. The van der Waals surface area contributed by atoms with Crippen LogP contribution in [0.5, 0.6) is 0 Å². The second kappa shape index (κ2) is 7.21. The molecule has 6 heteroatoms. The summed E-state index contributed by atoms with van der Waals surface area (Å²) in [5.74, 6) is -1.15. The molecule has 4 aromatic carbocycles. The third-order valence-electron chi connectivity index (χ3n) is 4.42. The van der Waals surface area contributed by atoms with Gasteiger partial charge in [0.1, 0.15) is 0 Å². The molecular weight excluding hydrogens is 376 g/mol. The van der Waals surface area contributed by atoms with Crippen molar-refractivity contribution in [2.45, 2.75) is 0 Å². The highest BCUT2D eigenvalue weighted by molar-refractivity contribution is 6.31. The Balaban J connectivity index is 1.59. The van der Waals surface area contributed by atoms with E-state index in [4.69, 9.17) is 11.6 Å². The fourth-order valence-electron chi connectivity index (χ4n) is 3.11. The third kappa shape index (κ3) is 3.61. The van der Waals surface area contributed by atoms with E-state index in [9.17, 15) is 14.7 Å². The van der Waals surface area contributed by atoms with Gasteiger partial charge in [-0.3, -0.25) is 0 Å². The van der Waals surface area contributed by atoms with E-state index in [1.165, 1.54) is 18.2 Å². The molecule has 5 nitrogen and oxygen atoms in total. The number of benzene rings is 4. The van der Waals surface area contributed by atoms with Crippen LogP contribution in [0.4, 0.5) is 16.2 Å². The molecule has 0 radical (unpaired) electrons. The van der Waals surface area contributed by atoms with Crippen molar-refractivity contribution in [3.8, 4) is 0 Å². The lowest BCUT2D eigenvalue weighted by Gasteiger charge is -2.11. The Morgan fingerprint density at radius 1 is 0.750 bits per heavy atom. The number of amides is 2. The number of hydrogen-bond donors (Lipinski definition) is 3. The summed E-state index contributed by atoms with van der Waals surface area (Å²) >= 11 is 5.91. The quantitative estimate of drug-likeness (QED) is 0.376. The average molecular weight is 391 g/mol. The largest absolute Gasteiger partial charge is 0.478 e. The molecule has 3 N–H and O–H groups in total. The van der Waals surface area contributed by atoms with Gasteiger partial charge in [0.2, 0.25) is 0 Å². The minimum absolute atomic E-state index is 0.0375. The van der Waals surface area contributed by atoms with Crippen molar-refractivity contribution in [2.24, 2.45) is 0 Å². The van der Waals surface area contributed by atoms with Crippen LogP contribution in [0.25, 0.3) is 21.5 Å². The number of carbonyl (C=O) groups excluding carboxylic acids is 1. The van der Waals surface area contributed by atoms with Crippen LogP contribution in [0.1, 0.15) is 10.4 Å². The lowest BCUT2D eigenvalue weighted by Crippen LogP contribution is -2.21. The first-order valence-corrected chi connectivity index (χ1v) is 8.91. The topological polar surface area (TPSA) is 78.4 Å². The summed E-state index contributed by atoms with van der Waals surface area (Å²) in [6.45, 7) is 0. The van der Waals surface area contributed by atoms with E-state index in [2.05, 4.69) is 28.8 Å². The van der Waals surface area contributed by atoms with Gasteiger partial charge in [-0.05, 0) is 64.0 Å². The zero-order chi connectivity index (χ0) is 19.7. The molecule has 138 valence electrons. The minimum atomic E-state index is -1.15. The SMILES string of the molecule is O=C(Nc1ccc2cc3ccccc3cc2c1)Nc1cc(Cl)ccc1C(=O)O. The summed E-state index contributed by atoms with van der Waals surface area (Å²) in [7, 11) is 0. The number of anilines is 2. The van der Waals surface area contributed by atoms with Crippen molar-refractivity contribution in [1.82, 2.24) is 0 Å². The Morgan fingerprint density at radius 3 is 2.14 bits per heavy atom. The maximum absolute atomic E-state index is 12.4. The van der Waals surface area contributed by atoms with Gasteiger partial charge in [-0.2, -0.15) is 0 Å². The number of fused-ring (bicyclic) bond motifs is 2. The number of carbonyl (C=O) groups is 2. The molecule has 0 saturated heterocycles. The highest BCUT2D eigenvalue weighted by Gasteiger charge is 2.13. The summed E-state index contributed by atoms with van der Waals surface area (Å²) in [6.07, 6.45) is 0. The van der Waals surface area contributed by atoms with Crippen molar-refractivity contribution in [1.29, 1.82) is 0 Å². The Morgan fingerprint density at radius 2 is 1.43 bits per heavy atom. The van der Waals surface area contributed by atoms with Crippen molar-refractivity contribution in [2.75, 3.05) is 10.6 Å². The first kappa shape index (κ1) is 17.8. The maximum Gasteiger partial charge on any atom is 0.337 e. The second-order valence-electron chi connectivity index (χ2n) is 6.34. The van der Waals surface area contributed by atoms with E-state index in [1.807, 2.05) is 30.3 Å². The molecule has 0 aliphatic carbocycles. The predicted molar refractivity (Wildman–Crippen MR) is 113 cm³/mol. The molecule has 28 heavy (non-hydrogen) atoms. The summed E-state index contributed by atoms with van der Waals surface area (Å²) in [5.41, 5.74) is 0.688. The summed E-state index contributed by atoms with van der Waals surface area (Å²) in [4.78, 5) is 23.7.